The highest BCUT2D eigenvalue weighted by atomic mass is 16.5. The number of fused-ring (bicyclic) bond motifs is 1. The van der Waals surface area contributed by atoms with Crippen LogP contribution in [-0.2, 0) is 17.8 Å². The Hall–Kier alpha value is -2.47. The summed E-state index contributed by atoms with van der Waals surface area (Å²) in [7, 11) is 0. The van der Waals surface area contributed by atoms with Gasteiger partial charge < -0.3 is 10.1 Å². The lowest BCUT2D eigenvalue weighted by Gasteiger charge is -2.21. The molecule has 0 fully saturated rings. The maximum Gasteiger partial charge on any atom is 0.220 e. The Bertz CT molecular complexity index is 736. The number of amides is 1. The number of hydrogen-bond acceptors (Lipinski definition) is 5. The van der Waals surface area contributed by atoms with E-state index in [4.69, 9.17) is 4.74 Å². The summed E-state index contributed by atoms with van der Waals surface area (Å²) in [6.07, 6.45) is 6.16. The molecule has 3 rings (SSSR count). The third-order valence-electron chi connectivity index (χ3n) is 4.43. The van der Waals surface area contributed by atoms with Gasteiger partial charge in [0.05, 0.1) is 5.69 Å². The van der Waals surface area contributed by atoms with Crippen LogP contribution in [0.1, 0.15) is 30.2 Å². The van der Waals surface area contributed by atoms with Crippen LogP contribution in [0.4, 0.5) is 0 Å². The van der Waals surface area contributed by atoms with E-state index in [0.29, 0.717) is 19.4 Å². The van der Waals surface area contributed by atoms with Crippen molar-refractivity contribution < 1.29 is 9.53 Å². The van der Waals surface area contributed by atoms with Crippen molar-refractivity contribution in [2.24, 2.45) is 0 Å². The van der Waals surface area contributed by atoms with Gasteiger partial charge in [-0.2, -0.15) is 0 Å². The van der Waals surface area contributed by atoms with Crippen LogP contribution in [0.5, 0.6) is 5.75 Å². The van der Waals surface area contributed by atoms with E-state index in [9.17, 15) is 4.79 Å². The smallest absolute Gasteiger partial charge is 0.220 e. The third-order valence-corrected chi connectivity index (χ3v) is 4.43. The van der Waals surface area contributed by atoms with Crippen LogP contribution in [-0.4, -0.2) is 46.5 Å². The summed E-state index contributed by atoms with van der Waals surface area (Å²) in [5.41, 5.74) is 3.29. The minimum absolute atomic E-state index is 0.0472. The van der Waals surface area contributed by atoms with Gasteiger partial charge in [0.15, 0.2) is 0 Å². The molecule has 1 aliphatic rings. The van der Waals surface area contributed by atoms with Crippen LogP contribution in [0, 0.1) is 6.92 Å². The van der Waals surface area contributed by atoms with Gasteiger partial charge in [-0.1, -0.05) is 17.7 Å². The lowest BCUT2D eigenvalue weighted by atomic mass is 10.1. The van der Waals surface area contributed by atoms with Gasteiger partial charge in [0.2, 0.25) is 5.91 Å². The molecule has 2 aromatic rings. The molecule has 2 heterocycles. The van der Waals surface area contributed by atoms with Crippen molar-refractivity contribution in [2.45, 2.75) is 39.3 Å². The van der Waals surface area contributed by atoms with Gasteiger partial charge in [0.1, 0.15) is 11.9 Å². The first kappa shape index (κ1) is 18.3. The molecule has 26 heavy (non-hydrogen) atoms. The molecular formula is C20H26N4O2. The number of aromatic nitrogens is 2. The predicted molar refractivity (Wildman–Crippen MR) is 99.9 cm³/mol. The maximum atomic E-state index is 12.0. The summed E-state index contributed by atoms with van der Waals surface area (Å²) < 4.78 is 6.02. The summed E-state index contributed by atoms with van der Waals surface area (Å²) >= 11 is 0. The molecule has 1 unspecified atom stereocenters. The monoisotopic (exact) mass is 354 g/mol. The van der Waals surface area contributed by atoms with Gasteiger partial charge in [-0.05, 0) is 26.3 Å². The minimum Gasteiger partial charge on any atom is -0.489 e. The fourth-order valence-electron chi connectivity index (χ4n) is 3.18. The molecule has 0 radical (unpaired) electrons. The van der Waals surface area contributed by atoms with Crippen molar-refractivity contribution in [3.05, 3.63) is 53.6 Å². The zero-order valence-electron chi connectivity index (χ0n) is 15.4. The fraction of sp³-hybridized carbons (Fsp3) is 0.450. The first-order chi connectivity index (χ1) is 12.6. The number of benzene rings is 1. The molecule has 0 bridgehead atoms. The zero-order valence-corrected chi connectivity index (χ0v) is 15.4. The van der Waals surface area contributed by atoms with E-state index in [1.807, 2.05) is 0 Å². The molecule has 6 nitrogen and oxygen atoms in total. The lowest BCUT2D eigenvalue weighted by molar-refractivity contribution is -0.121. The SMILES string of the molecule is Cc1ccc2c(c1)CN(CCNC(=O)CCc1cnccn1)CC(C)O2. The van der Waals surface area contributed by atoms with Crippen molar-refractivity contribution in [1.29, 1.82) is 0 Å². The predicted octanol–water partition coefficient (Wildman–Crippen LogP) is 2.12. The second-order valence-electron chi connectivity index (χ2n) is 6.82. The van der Waals surface area contributed by atoms with Gasteiger partial charge in [-0.15, -0.1) is 0 Å². The van der Waals surface area contributed by atoms with Gasteiger partial charge in [-0.3, -0.25) is 19.7 Å². The zero-order chi connectivity index (χ0) is 18.4. The van der Waals surface area contributed by atoms with Gasteiger partial charge in [0.25, 0.3) is 0 Å². The Balaban J connectivity index is 1.46. The van der Waals surface area contributed by atoms with Crippen molar-refractivity contribution in [2.75, 3.05) is 19.6 Å². The van der Waals surface area contributed by atoms with Crippen LogP contribution >= 0.6 is 0 Å². The largest absolute Gasteiger partial charge is 0.489 e. The molecule has 0 saturated heterocycles. The molecule has 0 spiro atoms. The molecule has 1 aromatic carbocycles. The van der Waals surface area contributed by atoms with E-state index < -0.39 is 0 Å². The highest BCUT2D eigenvalue weighted by Gasteiger charge is 2.20. The van der Waals surface area contributed by atoms with Crippen LogP contribution in [0.3, 0.4) is 0 Å². The molecule has 0 saturated carbocycles. The van der Waals surface area contributed by atoms with Crippen molar-refractivity contribution >= 4 is 5.91 Å². The summed E-state index contributed by atoms with van der Waals surface area (Å²) in [5, 5.41) is 3.00. The maximum absolute atomic E-state index is 12.0. The first-order valence-corrected chi connectivity index (χ1v) is 9.10. The highest BCUT2D eigenvalue weighted by Crippen LogP contribution is 2.25. The van der Waals surface area contributed by atoms with Crippen LogP contribution < -0.4 is 10.1 Å². The van der Waals surface area contributed by atoms with E-state index in [2.05, 4.69) is 52.2 Å². The van der Waals surface area contributed by atoms with E-state index >= 15 is 0 Å². The second-order valence-corrected chi connectivity index (χ2v) is 6.82. The molecule has 1 aliphatic heterocycles. The Morgan fingerprint density at radius 3 is 3.08 bits per heavy atom. The van der Waals surface area contributed by atoms with Crippen molar-refractivity contribution in [1.82, 2.24) is 20.2 Å². The van der Waals surface area contributed by atoms with Crippen molar-refractivity contribution in [3.63, 3.8) is 0 Å². The molecule has 6 heteroatoms. The highest BCUT2D eigenvalue weighted by molar-refractivity contribution is 5.76. The normalized spacial score (nSPS) is 17.1. The second kappa shape index (κ2) is 8.76. The summed E-state index contributed by atoms with van der Waals surface area (Å²) in [5.74, 6) is 1.02. The van der Waals surface area contributed by atoms with Gasteiger partial charge in [0, 0.05) is 56.8 Å². The number of rotatable bonds is 6. The van der Waals surface area contributed by atoms with E-state index in [1.165, 1.54) is 11.1 Å². The Labute approximate surface area is 154 Å². The molecule has 138 valence electrons. The van der Waals surface area contributed by atoms with E-state index in [-0.39, 0.29) is 12.0 Å². The third kappa shape index (κ3) is 5.26. The molecule has 1 amide bonds. The summed E-state index contributed by atoms with van der Waals surface area (Å²) in [6, 6.07) is 6.32. The number of aryl methyl sites for hydroxylation is 2. The van der Waals surface area contributed by atoms with E-state index in [1.54, 1.807) is 18.6 Å². The van der Waals surface area contributed by atoms with Crippen molar-refractivity contribution in [3.8, 4) is 5.75 Å². The number of carbonyl (C=O) groups excluding carboxylic acids is 1. The minimum atomic E-state index is 0.0472. The van der Waals surface area contributed by atoms with Crippen LogP contribution in [0.2, 0.25) is 0 Å². The molecular weight excluding hydrogens is 328 g/mol. The fourth-order valence-corrected chi connectivity index (χ4v) is 3.18. The van der Waals surface area contributed by atoms with Crippen LogP contribution in [0.25, 0.3) is 0 Å². The Morgan fingerprint density at radius 1 is 1.38 bits per heavy atom. The van der Waals surface area contributed by atoms with E-state index in [0.717, 1.165) is 31.1 Å². The number of hydrogen-bond donors (Lipinski definition) is 1. The summed E-state index contributed by atoms with van der Waals surface area (Å²) in [6.45, 7) is 7.31. The average molecular weight is 354 g/mol. The molecule has 1 N–H and O–H groups in total. The molecule has 1 aromatic heterocycles. The molecule has 0 aliphatic carbocycles. The Kier molecular flexibility index (Phi) is 6.17. The number of nitrogens with zero attached hydrogens (tertiary/aromatic N) is 3. The molecule has 1 atom stereocenters. The topological polar surface area (TPSA) is 67.4 Å². The summed E-state index contributed by atoms with van der Waals surface area (Å²) in [4.78, 5) is 22.6. The van der Waals surface area contributed by atoms with Gasteiger partial charge >= 0.3 is 0 Å². The lowest BCUT2D eigenvalue weighted by Crippen LogP contribution is -2.37. The number of carbonyl (C=O) groups is 1. The first-order valence-electron chi connectivity index (χ1n) is 9.10. The average Bonchev–Trinajstić information content (AvgIpc) is 2.78. The quantitative estimate of drug-likeness (QED) is 0.861. The van der Waals surface area contributed by atoms with Gasteiger partial charge in [-0.25, -0.2) is 0 Å². The standard InChI is InChI=1S/C20H26N4O2/c1-15-3-5-19-17(11-15)14-24(13-16(2)26-19)10-9-23-20(25)6-4-18-12-21-7-8-22-18/h3,5,7-8,11-12,16H,4,6,9-10,13-14H2,1-2H3,(H,23,25). The number of ether oxygens (including phenoxy) is 1. The Morgan fingerprint density at radius 2 is 2.27 bits per heavy atom. The van der Waals surface area contributed by atoms with Crippen LogP contribution in [0.15, 0.2) is 36.8 Å². The number of nitrogens with one attached hydrogen (secondary N) is 1.